The van der Waals surface area contributed by atoms with Crippen molar-refractivity contribution < 1.29 is 4.74 Å². The Labute approximate surface area is 122 Å². The molecule has 0 fully saturated rings. The first-order valence-corrected chi connectivity index (χ1v) is 7.37. The fourth-order valence-corrected chi connectivity index (χ4v) is 3.11. The van der Waals surface area contributed by atoms with Crippen LogP contribution in [0.2, 0.25) is 0 Å². The van der Waals surface area contributed by atoms with Gasteiger partial charge in [-0.05, 0) is 28.5 Å². The van der Waals surface area contributed by atoms with Crippen molar-refractivity contribution in [2.45, 2.75) is 13.0 Å². The largest absolute Gasteiger partial charge is 0.497 e. The SMILES string of the molecule is COc1ccc2cccc(Cc3nc(CN)cs3)c2c1. The summed E-state index contributed by atoms with van der Waals surface area (Å²) >= 11 is 1.67. The molecular weight excluding hydrogens is 268 g/mol. The number of rotatable bonds is 4. The van der Waals surface area contributed by atoms with Gasteiger partial charge in [0.25, 0.3) is 0 Å². The first kappa shape index (κ1) is 13.1. The lowest BCUT2D eigenvalue weighted by atomic mass is 10.0. The Morgan fingerprint density at radius 3 is 2.90 bits per heavy atom. The summed E-state index contributed by atoms with van der Waals surface area (Å²) in [5.74, 6) is 0.881. The molecule has 3 nitrogen and oxygen atoms in total. The number of thiazole rings is 1. The molecule has 0 spiro atoms. The van der Waals surface area contributed by atoms with Crippen LogP contribution in [0.25, 0.3) is 10.8 Å². The predicted octanol–water partition coefficient (Wildman–Crippen LogP) is 3.35. The van der Waals surface area contributed by atoms with Crippen LogP contribution in [-0.4, -0.2) is 12.1 Å². The first-order chi connectivity index (χ1) is 9.80. The zero-order valence-electron chi connectivity index (χ0n) is 11.3. The molecule has 1 heterocycles. The predicted molar refractivity (Wildman–Crippen MR) is 83.3 cm³/mol. The van der Waals surface area contributed by atoms with Gasteiger partial charge in [0.2, 0.25) is 0 Å². The van der Waals surface area contributed by atoms with Crippen molar-refractivity contribution in [3.63, 3.8) is 0 Å². The van der Waals surface area contributed by atoms with Crippen LogP contribution < -0.4 is 10.5 Å². The maximum absolute atomic E-state index is 5.61. The van der Waals surface area contributed by atoms with Gasteiger partial charge >= 0.3 is 0 Å². The topological polar surface area (TPSA) is 48.1 Å². The highest BCUT2D eigenvalue weighted by molar-refractivity contribution is 7.09. The monoisotopic (exact) mass is 284 g/mol. The van der Waals surface area contributed by atoms with E-state index >= 15 is 0 Å². The van der Waals surface area contributed by atoms with E-state index in [0.717, 1.165) is 22.9 Å². The molecule has 0 aliphatic rings. The van der Waals surface area contributed by atoms with Crippen LogP contribution in [-0.2, 0) is 13.0 Å². The molecule has 0 bridgehead atoms. The molecule has 3 aromatic rings. The maximum atomic E-state index is 5.61. The molecule has 20 heavy (non-hydrogen) atoms. The van der Waals surface area contributed by atoms with Crippen molar-refractivity contribution in [1.29, 1.82) is 0 Å². The highest BCUT2D eigenvalue weighted by Crippen LogP contribution is 2.26. The Balaban J connectivity index is 2.01. The van der Waals surface area contributed by atoms with Gasteiger partial charge in [-0.25, -0.2) is 4.98 Å². The van der Waals surface area contributed by atoms with E-state index in [0.29, 0.717) is 6.54 Å². The lowest BCUT2D eigenvalue weighted by Crippen LogP contribution is -1.97. The normalized spacial score (nSPS) is 10.9. The van der Waals surface area contributed by atoms with Crippen molar-refractivity contribution >= 4 is 22.1 Å². The molecule has 0 aliphatic heterocycles. The van der Waals surface area contributed by atoms with E-state index in [1.54, 1.807) is 18.4 Å². The van der Waals surface area contributed by atoms with E-state index in [-0.39, 0.29) is 0 Å². The minimum absolute atomic E-state index is 0.500. The van der Waals surface area contributed by atoms with Crippen LogP contribution in [0.5, 0.6) is 5.75 Å². The van der Waals surface area contributed by atoms with Gasteiger partial charge in [-0.2, -0.15) is 0 Å². The van der Waals surface area contributed by atoms with E-state index < -0.39 is 0 Å². The molecule has 0 radical (unpaired) electrons. The molecule has 2 aromatic carbocycles. The number of nitrogens with two attached hydrogens (primary N) is 1. The number of nitrogens with zero attached hydrogens (tertiary/aromatic N) is 1. The van der Waals surface area contributed by atoms with Gasteiger partial charge in [0.05, 0.1) is 17.8 Å². The number of hydrogen-bond donors (Lipinski definition) is 1. The second kappa shape index (κ2) is 5.61. The summed E-state index contributed by atoms with van der Waals surface area (Å²) in [6.07, 6.45) is 0.829. The third-order valence-corrected chi connectivity index (χ3v) is 4.23. The number of ether oxygens (including phenoxy) is 1. The van der Waals surface area contributed by atoms with Crippen molar-refractivity contribution in [2.24, 2.45) is 5.73 Å². The van der Waals surface area contributed by atoms with E-state index in [1.807, 2.05) is 11.4 Å². The standard InChI is InChI=1S/C16H16N2OS/c1-19-14-6-5-11-3-2-4-12(15(11)8-14)7-16-18-13(9-17)10-20-16/h2-6,8,10H,7,9,17H2,1H3. The molecule has 2 N–H and O–H groups in total. The Morgan fingerprint density at radius 2 is 2.15 bits per heavy atom. The van der Waals surface area contributed by atoms with E-state index in [2.05, 4.69) is 35.3 Å². The average molecular weight is 284 g/mol. The molecule has 1 aromatic heterocycles. The summed E-state index contributed by atoms with van der Waals surface area (Å²) in [5.41, 5.74) is 7.84. The van der Waals surface area contributed by atoms with Crippen LogP contribution in [0.1, 0.15) is 16.3 Å². The maximum Gasteiger partial charge on any atom is 0.119 e. The van der Waals surface area contributed by atoms with Gasteiger partial charge in [0, 0.05) is 18.3 Å². The zero-order valence-corrected chi connectivity index (χ0v) is 12.1. The quantitative estimate of drug-likeness (QED) is 0.799. The molecule has 0 saturated heterocycles. The van der Waals surface area contributed by atoms with E-state index in [4.69, 9.17) is 10.5 Å². The summed E-state index contributed by atoms with van der Waals surface area (Å²) < 4.78 is 5.32. The number of methoxy groups -OCH3 is 1. The summed E-state index contributed by atoms with van der Waals surface area (Å²) in [6.45, 7) is 0.500. The fraction of sp³-hybridized carbons (Fsp3) is 0.188. The summed E-state index contributed by atoms with van der Waals surface area (Å²) in [6, 6.07) is 12.5. The Morgan fingerprint density at radius 1 is 1.25 bits per heavy atom. The molecule has 4 heteroatoms. The third kappa shape index (κ3) is 2.53. The van der Waals surface area contributed by atoms with Gasteiger partial charge < -0.3 is 10.5 Å². The number of fused-ring (bicyclic) bond motifs is 1. The van der Waals surface area contributed by atoms with Gasteiger partial charge in [-0.3, -0.25) is 0 Å². The third-order valence-electron chi connectivity index (χ3n) is 3.33. The molecule has 0 saturated carbocycles. The van der Waals surface area contributed by atoms with Gasteiger partial charge in [-0.1, -0.05) is 24.3 Å². The van der Waals surface area contributed by atoms with Crippen molar-refractivity contribution in [2.75, 3.05) is 7.11 Å². The van der Waals surface area contributed by atoms with Crippen LogP contribution in [0, 0.1) is 0 Å². The minimum Gasteiger partial charge on any atom is -0.497 e. The van der Waals surface area contributed by atoms with E-state index in [9.17, 15) is 0 Å². The molecule has 0 amide bonds. The highest BCUT2D eigenvalue weighted by Gasteiger charge is 2.07. The summed E-state index contributed by atoms with van der Waals surface area (Å²) in [4.78, 5) is 4.54. The lowest BCUT2D eigenvalue weighted by Gasteiger charge is -2.07. The van der Waals surface area contributed by atoms with Crippen molar-refractivity contribution in [1.82, 2.24) is 4.98 Å². The van der Waals surface area contributed by atoms with Gasteiger partial charge in [-0.15, -0.1) is 11.3 Å². The van der Waals surface area contributed by atoms with Gasteiger partial charge in [0.1, 0.15) is 5.75 Å². The number of benzene rings is 2. The average Bonchev–Trinajstić information content (AvgIpc) is 2.95. The molecule has 3 rings (SSSR count). The number of hydrogen-bond acceptors (Lipinski definition) is 4. The first-order valence-electron chi connectivity index (χ1n) is 6.49. The molecule has 0 atom stereocenters. The second-order valence-electron chi connectivity index (χ2n) is 4.62. The molecule has 0 aliphatic carbocycles. The van der Waals surface area contributed by atoms with Gasteiger partial charge in [0.15, 0.2) is 0 Å². The van der Waals surface area contributed by atoms with Crippen LogP contribution in [0.3, 0.4) is 0 Å². The lowest BCUT2D eigenvalue weighted by molar-refractivity contribution is 0.415. The van der Waals surface area contributed by atoms with Crippen molar-refractivity contribution in [3.8, 4) is 5.75 Å². The molecule has 102 valence electrons. The van der Waals surface area contributed by atoms with E-state index in [1.165, 1.54) is 16.3 Å². The highest BCUT2D eigenvalue weighted by atomic mass is 32.1. The molecule has 0 unspecified atom stereocenters. The fourth-order valence-electron chi connectivity index (χ4n) is 2.28. The Kier molecular flexibility index (Phi) is 3.67. The van der Waals surface area contributed by atoms with Crippen LogP contribution >= 0.6 is 11.3 Å². The smallest absolute Gasteiger partial charge is 0.119 e. The van der Waals surface area contributed by atoms with Crippen molar-refractivity contribution in [3.05, 3.63) is 58.0 Å². The summed E-state index contributed by atoms with van der Waals surface area (Å²) in [5, 5.41) is 5.57. The zero-order chi connectivity index (χ0) is 13.9. The molecular formula is C16H16N2OS. The second-order valence-corrected chi connectivity index (χ2v) is 5.56. The Hall–Kier alpha value is -1.91. The van der Waals surface area contributed by atoms with Crippen LogP contribution in [0.15, 0.2) is 41.8 Å². The minimum atomic E-state index is 0.500. The number of aromatic nitrogens is 1. The summed E-state index contributed by atoms with van der Waals surface area (Å²) in [7, 11) is 1.69. The Bertz CT molecular complexity index is 736. The van der Waals surface area contributed by atoms with Crippen LogP contribution in [0.4, 0.5) is 0 Å².